The molecule has 8 rings (SSSR count). The Hall–Kier alpha value is -3.95. The van der Waals surface area contributed by atoms with Gasteiger partial charge in [-0.15, -0.1) is 59.5 Å². The summed E-state index contributed by atoms with van der Waals surface area (Å²) >= 11 is 1.86. The van der Waals surface area contributed by atoms with E-state index in [0.717, 1.165) is 22.2 Å². The number of aromatic nitrogens is 2. The van der Waals surface area contributed by atoms with Crippen LogP contribution in [0.15, 0.2) is 116 Å². The number of fused-ring (bicyclic) bond motifs is 3. The summed E-state index contributed by atoms with van der Waals surface area (Å²) in [6.45, 7) is 2.06. The van der Waals surface area contributed by atoms with Crippen LogP contribution in [0.1, 0.15) is 5.56 Å². The molecule has 39 heavy (non-hydrogen) atoms. The second-order valence-corrected chi connectivity index (χ2v) is 10.4. The summed E-state index contributed by atoms with van der Waals surface area (Å²) in [4.78, 5) is 9.00. The topological polar surface area (TPSA) is 25.8 Å². The molecule has 0 amide bonds. The zero-order valence-corrected chi connectivity index (χ0v) is 24.3. The monoisotopic (exact) mass is 695 g/mol. The average Bonchev–Trinajstić information content (AvgIpc) is 3.37. The number of pyridine rings is 2. The Balaban J connectivity index is 0.000000169. The predicted octanol–water partition coefficient (Wildman–Crippen LogP) is 9.52. The van der Waals surface area contributed by atoms with E-state index >= 15 is 0 Å². The minimum absolute atomic E-state index is 0. The van der Waals surface area contributed by atoms with Gasteiger partial charge in [0.25, 0.3) is 0 Å². The van der Waals surface area contributed by atoms with E-state index < -0.39 is 0 Å². The van der Waals surface area contributed by atoms with Crippen LogP contribution in [-0.4, -0.2) is 9.97 Å². The largest absolute Gasteiger partial charge is 0.304 e. The van der Waals surface area contributed by atoms with Crippen LogP contribution >= 0.6 is 11.3 Å². The van der Waals surface area contributed by atoms with E-state index in [1.807, 2.05) is 66.2 Å². The first-order valence-electron chi connectivity index (χ1n) is 12.6. The molecule has 0 fully saturated rings. The molecule has 2 nitrogen and oxygen atoms in total. The Morgan fingerprint density at radius 3 is 2.28 bits per heavy atom. The van der Waals surface area contributed by atoms with Crippen LogP contribution in [0.3, 0.4) is 0 Å². The van der Waals surface area contributed by atoms with Crippen molar-refractivity contribution in [3.63, 3.8) is 0 Å². The van der Waals surface area contributed by atoms with Gasteiger partial charge in [-0.1, -0.05) is 53.4 Å². The van der Waals surface area contributed by atoms with Gasteiger partial charge in [0, 0.05) is 37.2 Å². The zero-order valence-electron chi connectivity index (χ0n) is 21.1. The van der Waals surface area contributed by atoms with Gasteiger partial charge in [-0.25, -0.2) is 0 Å². The second kappa shape index (κ2) is 10.7. The summed E-state index contributed by atoms with van der Waals surface area (Å²) in [5.74, 6) is 0. The molecule has 0 N–H and O–H groups in total. The molecule has 0 bridgehead atoms. The summed E-state index contributed by atoms with van der Waals surface area (Å²) in [5.41, 5.74) is 6.82. The van der Waals surface area contributed by atoms with Gasteiger partial charge in [0.1, 0.15) is 0 Å². The number of hydrogen-bond donors (Lipinski definition) is 0. The number of nitrogens with zero attached hydrogens (tertiary/aromatic N) is 2. The maximum absolute atomic E-state index is 4.69. The standard InChI is InChI=1S/C23H12NS.C12H10N.Ir/c1-2-6-14(7-3-1)15-12-18-16-9-5-11-24-23(16)17-8-4-10-19-21(17)22(18)20(13-15)25-19;1-10-6-5-9-13-12(10)11-7-3-2-4-8-11;/h1-7,9-13H;2-7,9H,1H3;/q2*-1;. The molecule has 1 radical (unpaired) electrons. The van der Waals surface area contributed by atoms with Crippen molar-refractivity contribution in [3.8, 4) is 22.4 Å². The molecule has 8 aromatic rings. The summed E-state index contributed by atoms with van der Waals surface area (Å²) < 4.78 is 2.65. The Morgan fingerprint density at radius 1 is 0.641 bits per heavy atom. The molecular formula is C35H22IrN2S-2. The SMILES string of the molecule is Cc1cccnc1-c1[c-]cccc1.[Ir].[c-]1ccc2sc3cc(-c4ccccc4)cc4c5cccnc5c1c2c34. The summed E-state index contributed by atoms with van der Waals surface area (Å²) in [7, 11) is 0. The molecule has 0 atom stereocenters. The van der Waals surface area contributed by atoms with Gasteiger partial charge in [-0.2, -0.15) is 11.3 Å². The van der Waals surface area contributed by atoms with Crippen molar-refractivity contribution in [2.24, 2.45) is 0 Å². The number of benzene rings is 5. The van der Waals surface area contributed by atoms with Crippen LogP contribution in [0.4, 0.5) is 0 Å². The second-order valence-electron chi connectivity index (χ2n) is 9.30. The number of rotatable bonds is 2. The van der Waals surface area contributed by atoms with Crippen molar-refractivity contribution >= 4 is 53.2 Å². The normalized spacial score (nSPS) is 11.0. The smallest absolute Gasteiger partial charge is 0.0258 e. The molecule has 0 saturated heterocycles. The van der Waals surface area contributed by atoms with E-state index in [2.05, 4.69) is 89.7 Å². The Labute approximate surface area is 244 Å². The molecule has 0 saturated carbocycles. The van der Waals surface area contributed by atoms with Crippen LogP contribution < -0.4 is 0 Å². The number of aryl methyl sites for hydroxylation is 1. The van der Waals surface area contributed by atoms with Gasteiger partial charge < -0.3 is 9.97 Å². The first kappa shape index (κ1) is 25.3. The van der Waals surface area contributed by atoms with Crippen LogP contribution in [0.25, 0.3) is 64.2 Å². The zero-order chi connectivity index (χ0) is 25.5. The fourth-order valence-electron chi connectivity index (χ4n) is 5.21. The molecule has 0 unspecified atom stereocenters. The fourth-order valence-corrected chi connectivity index (χ4v) is 6.39. The van der Waals surface area contributed by atoms with Crippen molar-refractivity contribution in [1.82, 2.24) is 9.97 Å². The summed E-state index contributed by atoms with van der Waals surface area (Å²) in [6, 6.07) is 42.1. The van der Waals surface area contributed by atoms with Gasteiger partial charge in [0.05, 0.1) is 0 Å². The van der Waals surface area contributed by atoms with Crippen LogP contribution in [-0.2, 0) is 20.1 Å². The van der Waals surface area contributed by atoms with Gasteiger partial charge >= 0.3 is 0 Å². The van der Waals surface area contributed by atoms with E-state index in [1.165, 1.54) is 47.6 Å². The van der Waals surface area contributed by atoms with Gasteiger partial charge in [-0.3, -0.25) is 0 Å². The molecule has 189 valence electrons. The van der Waals surface area contributed by atoms with Gasteiger partial charge in [0.2, 0.25) is 0 Å². The quantitative estimate of drug-likeness (QED) is 0.133. The first-order valence-corrected chi connectivity index (χ1v) is 13.4. The van der Waals surface area contributed by atoms with Crippen molar-refractivity contribution in [2.45, 2.75) is 6.92 Å². The average molecular weight is 695 g/mol. The van der Waals surface area contributed by atoms with E-state index in [4.69, 9.17) is 0 Å². The van der Waals surface area contributed by atoms with Crippen molar-refractivity contribution in [3.05, 3.63) is 133 Å². The minimum Gasteiger partial charge on any atom is -0.304 e. The van der Waals surface area contributed by atoms with E-state index in [0.29, 0.717) is 0 Å². The van der Waals surface area contributed by atoms with Crippen molar-refractivity contribution < 1.29 is 20.1 Å². The van der Waals surface area contributed by atoms with E-state index in [-0.39, 0.29) is 20.1 Å². The molecule has 0 aliphatic rings. The molecule has 0 spiro atoms. The Morgan fingerprint density at radius 2 is 1.46 bits per heavy atom. The molecule has 5 aromatic carbocycles. The minimum atomic E-state index is 0. The van der Waals surface area contributed by atoms with Gasteiger partial charge in [0.15, 0.2) is 0 Å². The molecule has 0 aliphatic carbocycles. The summed E-state index contributed by atoms with van der Waals surface area (Å²) in [6.07, 6.45) is 3.68. The predicted molar refractivity (Wildman–Crippen MR) is 161 cm³/mol. The number of hydrogen-bond acceptors (Lipinski definition) is 3. The number of thiophene rings is 1. The van der Waals surface area contributed by atoms with Crippen LogP contribution in [0.5, 0.6) is 0 Å². The van der Waals surface area contributed by atoms with Crippen LogP contribution in [0, 0.1) is 19.1 Å². The van der Waals surface area contributed by atoms with Gasteiger partial charge in [-0.05, 0) is 74.4 Å². The third-order valence-corrected chi connectivity index (χ3v) is 8.05. The molecule has 0 aliphatic heterocycles. The van der Waals surface area contributed by atoms with E-state index in [1.54, 1.807) is 0 Å². The summed E-state index contributed by atoms with van der Waals surface area (Å²) in [5, 5.41) is 6.30. The first-order chi connectivity index (χ1) is 18.8. The van der Waals surface area contributed by atoms with Crippen molar-refractivity contribution in [2.75, 3.05) is 0 Å². The van der Waals surface area contributed by atoms with Crippen LogP contribution in [0.2, 0.25) is 0 Å². The van der Waals surface area contributed by atoms with E-state index in [9.17, 15) is 0 Å². The fraction of sp³-hybridized carbons (Fsp3) is 0.0286. The third-order valence-electron chi connectivity index (χ3n) is 6.95. The van der Waals surface area contributed by atoms with Crippen molar-refractivity contribution in [1.29, 1.82) is 0 Å². The maximum atomic E-state index is 4.69. The molecule has 3 aromatic heterocycles. The molecule has 3 heterocycles. The molecule has 4 heteroatoms. The Bertz CT molecular complexity index is 2030. The Kier molecular flexibility index (Phi) is 6.93. The third kappa shape index (κ3) is 4.51. The molecular weight excluding hydrogens is 673 g/mol. The maximum Gasteiger partial charge on any atom is 0.0258 e.